The van der Waals surface area contributed by atoms with Gasteiger partial charge in [0.2, 0.25) is 5.91 Å². The molecule has 3 rings (SSSR count). The Morgan fingerprint density at radius 1 is 1.15 bits per heavy atom. The molecule has 0 radical (unpaired) electrons. The minimum Gasteiger partial charge on any atom is -0.463 e. The zero-order valence-electron chi connectivity index (χ0n) is 15.1. The maximum atomic E-state index is 12.6. The Hall–Kier alpha value is -3.14. The van der Waals surface area contributed by atoms with Crippen LogP contribution >= 0.6 is 0 Å². The van der Waals surface area contributed by atoms with Crippen LogP contribution in [0.3, 0.4) is 0 Å². The van der Waals surface area contributed by atoms with Crippen molar-refractivity contribution in [2.24, 2.45) is 0 Å². The van der Waals surface area contributed by atoms with Crippen molar-refractivity contribution in [2.75, 3.05) is 5.32 Å². The standard InChI is InChI=1S/C22H21NO3/c1-14(2)17-6-4-5-7-19(17)23-21(24)11-9-16-13-26-20-10-8-15(3)12-18(20)22(16)25/h4-14H,1-3H3,(H,23,24)/b11-9+. The summed E-state index contributed by atoms with van der Waals surface area (Å²) in [6.07, 6.45) is 4.22. The maximum absolute atomic E-state index is 12.6. The van der Waals surface area contributed by atoms with E-state index < -0.39 is 0 Å². The first-order valence-corrected chi connectivity index (χ1v) is 8.56. The van der Waals surface area contributed by atoms with Gasteiger partial charge < -0.3 is 9.73 Å². The molecule has 0 atom stereocenters. The maximum Gasteiger partial charge on any atom is 0.248 e. The van der Waals surface area contributed by atoms with Gasteiger partial charge in [-0.3, -0.25) is 9.59 Å². The van der Waals surface area contributed by atoms with Crippen molar-refractivity contribution in [1.82, 2.24) is 0 Å². The summed E-state index contributed by atoms with van der Waals surface area (Å²) >= 11 is 0. The quantitative estimate of drug-likeness (QED) is 0.685. The Morgan fingerprint density at radius 3 is 2.69 bits per heavy atom. The number of benzene rings is 2. The van der Waals surface area contributed by atoms with Crippen molar-refractivity contribution in [1.29, 1.82) is 0 Å². The summed E-state index contributed by atoms with van der Waals surface area (Å²) in [5.41, 5.74) is 3.55. The summed E-state index contributed by atoms with van der Waals surface area (Å²) in [4.78, 5) is 24.8. The van der Waals surface area contributed by atoms with Crippen molar-refractivity contribution in [3.63, 3.8) is 0 Å². The van der Waals surface area contributed by atoms with Crippen molar-refractivity contribution in [2.45, 2.75) is 26.7 Å². The summed E-state index contributed by atoms with van der Waals surface area (Å²) in [5.74, 6) is 0.00749. The minimum absolute atomic E-state index is 0.151. The Labute approximate surface area is 152 Å². The molecule has 132 valence electrons. The van der Waals surface area contributed by atoms with Gasteiger partial charge in [-0.2, -0.15) is 0 Å². The van der Waals surface area contributed by atoms with Crippen LogP contribution in [0.25, 0.3) is 17.0 Å². The first-order chi connectivity index (χ1) is 12.5. The third-order valence-corrected chi connectivity index (χ3v) is 4.21. The third-order valence-electron chi connectivity index (χ3n) is 4.21. The van der Waals surface area contributed by atoms with E-state index in [2.05, 4.69) is 19.2 Å². The monoisotopic (exact) mass is 347 g/mol. The van der Waals surface area contributed by atoms with Crippen LogP contribution in [-0.2, 0) is 4.79 Å². The number of hydrogen-bond donors (Lipinski definition) is 1. The van der Waals surface area contributed by atoms with E-state index in [1.54, 1.807) is 12.1 Å². The Kier molecular flexibility index (Phi) is 5.03. The summed E-state index contributed by atoms with van der Waals surface area (Å²) < 4.78 is 5.50. The number of aryl methyl sites for hydroxylation is 1. The molecule has 0 spiro atoms. The van der Waals surface area contributed by atoms with Gasteiger partial charge in [-0.1, -0.05) is 43.7 Å². The van der Waals surface area contributed by atoms with E-state index >= 15 is 0 Å². The number of amides is 1. The van der Waals surface area contributed by atoms with Crippen LogP contribution in [-0.4, -0.2) is 5.91 Å². The molecule has 2 aromatic carbocycles. The topological polar surface area (TPSA) is 59.3 Å². The molecule has 26 heavy (non-hydrogen) atoms. The summed E-state index contributed by atoms with van der Waals surface area (Å²) in [7, 11) is 0. The molecule has 4 nitrogen and oxygen atoms in total. The molecule has 0 aliphatic heterocycles. The molecule has 0 saturated heterocycles. The van der Waals surface area contributed by atoms with Crippen molar-refractivity contribution < 1.29 is 9.21 Å². The zero-order valence-corrected chi connectivity index (χ0v) is 15.1. The van der Waals surface area contributed by atoms with Crippen molar-refractivity contribution in [3.05, 3.63) is 81.7 Å². The van der Waals surface area contributed by atoms with Crippen LogP contribution in [0.5, 0.6) is 0 Å². The lowest BCUT2D eigenvalue weighted by Gasteiger charge is -2.12. The van der Waals surface area contributed by atoms with Gasteiger partial charge in [0, 0.05) is 11.8 Å². The SMILES string of the molecule is Cc1ccc2occ(/C=C/C(=O)Nc3ccccc3C(C)C)c(=O)c2c1. The highest BCUT2D eigenvalue weighted by molar-refractivity contribution is 6.02. The van der Waals surface area contributed by atoms with E-state index in [-0.39, 0.29) is 11.3 Å². The van der Waals surface area contributed by atoms with Gasteiger partial charge >= 0.3 is 0 Å². The molecular formula is C22H21NO3. The second-order valence-corrected chi connectivity index (χ2v) is 6.58. The predicted molar refractivity (Wildman–Crippen MR) is 105 cm³/mol. The largest absolute Gasteiger partial charge is 0.463 e. The van der Waals surface area contributed by atoms with Crippen LogP contribution < -0.4 is 10.7 Å². The molecule has 3 aromatic rings. The van der Waals surface area contributed by atoms with Gasteiger partial charge in [0.25, 0.3) is 0 Å². The molecule has 0 aliphatic rings. The molecule has 4 heteroatoms. The fourth-order valence-corrected chi connectivity index (χ4v) is 2.83. The minimum atomic E-state index is -0.290. The van der Waals surface area contributed by atoms with E-state index in [0.717, 1.165) is 16.8 Å². The Morgan fingerprint density at radius 2 is 1.92 bits per heavy atom. The molecule has 0 aliphatic carbocycles. The molecule has 0 bridgehead atoms. The van der Waals surface area contributed by atoms with Gasteiger partial charge in [-0.05, 0) is 42.7 Å². The molecule has 0 saturated carbocycles. The highest BCUT2D eigenvalue weighted by Gasteiger charge is 2.08. The average Bonchev–Trinajstić information content (AvgIpc) is 2.62. The van der Waals surface area contributed by atoms with E-state index in [1.165, 1.54) is 18.4 Å². The summed E-state index contributed by atoms with van der Waals surface area (Å²) in [6.45, 7) is 6.06. The fourth-order valence-electron chi connectivity index (χ4n) is 2.83. The number of nitrogens with one attached hydrogen (secondary N) is 1. The number of rotatable bonds is 4. The lowest BCUT2D eigenvalue weighted by atomic mass is 10.0. The molecule has 1 aromatic heterocycles. The van der Waals surface area contributed by atoms with Gasteiger partial charge in [-0.15, -0.1) is 0 Å². The average molecular weight is 347 g/mol. The molecule has 1 N–H and O–H groups in total. The van der Waals surface area contributed by atoms with Crippen LogP contribution in [0.2, 0.25) is 0 Å². The summed E-state index contributed by atoms with van der Waals surface area (Å²) in [5, 5.41) is 3.38. The highest BCUT2D eigenvalue weighted by Crippen LogP contribution is 2.23. The number of fused-ring (bicyclic) bond motifs is 1. The fraction of sp³-hybridized carbons (Fsp3) is 0.182. The first kappa shape index (κ1) is 17.7. The number of carbonyl (C=O) groups excluding carboxylic acids is 1. The Balaban J connectivity index is 1.84. The smallest absolute Gasteiger partial charge is 0.248 e. The lowest BCUT2D eigenvalue weighted by molar-refractivity contribution is -0.111. The zero-order chi connectivity index (χ0) is 18.7. The van der Waals surface area contributed by atoms with Crippen LogP contribution in [0.15, 0.2) is 64.0 Å². The van der Waals surface area contributed by atoms with Crippen LogP contribution in [0.4, 0.5) is 5.69 Å². The van der Waals surface area contributed by atoms with Gasteiger partial charge in [0.15, 0.2) is 5.43 Å². The Bertz CT molecular complexity index is 1040. The number of anilines is 1. The van der Waals surface area contributed by atoms with Crippen LogP contribution in [0.1, 0.15) is 36.5 Å². The number of carbonyl (C=O) groups is 1. The number of para-hydroxylation sites is 1. The second-order valence-electron chi connectivity index (χ2n) is 6.58. The molecular weight excluding hydrogens is 326 g/mol. The molecule has 0 fully saturated rings. The van der Waals surface area contributed by atoms with Gasteiger partial charge in [0.1, 0.15) is 11.8 Å². The van der Waals surface area contributed by atoms with Gasteiger partial charge in [-0.25, -0.2) is 0 Å². The summed E-state index contributed by atoms with van der Waals surface area (Å²) in [6, 6.07) is 13.1. The van der Waals surface area contributed by atoms with E-state index in [9.17, 15) is 9.59 Å². The predicted octanol–water partition coefficient (Wildman–Crippen LogP) is 4.88. The van der Waals surface area contributed by atoms with Gasteiger partial charge in [0.05, 0.1) is 10.9 Å². The van der Waals surface area contributed by atoms with E-state index in [1.807, 2.05) is 37.3 Å². The second kappa shape index (κ2) is 7.40. The molecule has 1 amide bonds. The van der Waals surface area contributed by atoms with Crippen LogP contribution in [0, 0.1) is 6.92 Å². The van der Waals surface area contributed by atoms with E-state index in [0.29, 0.717) is 22.5 Å². The van der Waals surface area contributed by atoms with Crippen molar-refractivity contribution in [3.8, 4) is 0 Å². The normalized spacial score (nSPS) is 11.4. The first-order valence-electron chi connectivity index (χ1n) is 8.56. The van der Waals surface area contributed by atoms with Crippen molar-refractivity contribution >= 4 is 28.6 Å². The third kappa shape index (κ3) is 3.75. The lowest BCUT2D eigenvalue weighted by Crippen LogP contribution is -2.11. The molecule has 0 unspecified atom stereocenters. The number of hydrogen-bond acceptors (Lipinski definition) is 3. The highest BCUT2D eigenvalue weighted by atomic mass is 16.3. The molecule has 1 heterocycles. The van der Waals surface area contributed by atoms with E-state index in [4.69, 9.17) is 4.42 Å².